The van der Waals surface area contributed by atoms with Crippen LogP contribution in [0.3, 0.4) is 0 Å². The number of rotatable bonds is 7. The smallest absolute Gasteiger partial charge is 0.228 e. The second-order valence-corrected chi connectivity index (χ2v) is 14.5. The highest BCUT2D eigenvalue weighted by molar-refractivity contribution is 7.91. The zero-order chi connectivity index (χ0) is 26.2. The van der Waals surface area contributed by atoms with E-state index in [1.165, 1.54) is 12.1 Å². The van der Waals surface area contributed by atoms with Crippen molar-refractivity contribution in [3.63, 3.8) is 0 Å². The number of hydrogen-bond donors (Lipinski definition) is 1. The molecule has 2 aromatic carbocycles. The lowest BCUT2D eigenvalue weighted by molar-refractivity contribution is -0.121. The Morgan fingerprint density at radius 1 is 0.686 bits per heavy atom. The van der Waals surface area contributed by atoms with Gasteiger partial charge >= 0.3 is 0 Å². The van der Waals surface area contributed by atoms with Gasteiger partial charge in [-0.25, -0.2) is 8.42 Å². The van der Waals surface area contributed by atoms with Gasteiger partial charge in [-0.3, -0.25) is 9.59 Å². The first-order valence-corrected chi connectivity index (χ1v) is 13.7. The number of nitrogens with one attached hydrogen (secondary N) is 1. The second kappa shape index (κ2) is 7.76. The van der Waals surface area contributed by atoms with Crippen LogP contribution in [0.1, 0.15) is 61.0 Å². The molecule has 0 unspecified atom stereocenters. The van der Waals surface area contributed by atoms with Crippen molar-refractivity contribution in [1.29, 1.82) is 0 Å². The molecule has 1 N–H and O–H groups in total. The molecule has 188 valence electrons. The van der Waals surface area contributed by atoms with Gasteiger partial charge in [-0.1, -0.05) is 67.5 Å². The van der Waals surface area contributed by atoms with Crippen molar-refractivity contribution in [2.75, 3.05) is 5.32 Å². The fourth-order valence-electron chi connectivity index (χ4n) is 6.01. The standard InChI is InChI=1S/C29H37NO4S/c1-26(2)23(27(26,3)4)22(31)17-18-9-13-20(14-10-18)35(33,34)21-15-11-19(12-16-21)30-25(32)24-28(5,6)29(24,7)8/h9-16,23-24H,17H2,1-8H3,(H,30,32). The first kappa shape index (κ1) is 25.6. The molecule has 0 saturated heterocycles. The molecular formula is C29H37NO4S. The van der Waals surface area contributed by atoms with Gasteiger partial charge in [-0.2, -0.15) is 0 Å². The topological polar surface area (TPSA) is 80.3 Å². The molecule has 2 fully saturated rings. The van der Waals surface area contributed by atoms with Gasteiger partial charge in [0.25, 0.3) is 0 Å². The highest BCUT2D eigenvalue weighted by atomic mass is 32.2. The predicted molar refractivity (Wildman–Crippen MR) is 138 cm³/mol. The molecule has 5 nitrogen and oxygen atoms in total. The predicted octanol–water partition coefficient (Wildman–Crippen LogP) is 5.93. The Kier molecular flexibility index (Phi) is 5.68. The van der Waals surface area contributed by atoms with E-state index in [0.717, 1.165) is 5.56 Å². The minimum absolute atomic E-state index is 0.00986. The molecule has 0 aromatic heterocycles. The maximum atomic E-state index is 13.1. The van der Waals surface area contributed by atoms with E-state index < -0.39 is 9.84 Å². The first-order chi connectivity index (χ1) is 16.0. The zero-order valence-electron chi connectivity index (χ0n) is 22.0. The molecule has 35 heavy (non-hydrogen) atoms. The average molecular weight is 496 g/mol. The van der Waals surface area contributed by atoms with Crippen LogP contribution in [0.15, 0.2) is 58.3 Å². The van der Waals surface area contributed by atoms with E-state index in [4.69, 9.17) is 0 Å². The minimum atomic E-state index is -3.71. The molecule has 0 bridgehead atoms. The van der Waals surface area contributed by atoms with Crippen molar-refractivity contribution in [3.8, 4) is 0 Å². The fourth-order valence-corrected chi connectivity index (χ4v) is 7.27. The molecule has 4 rings (SSSR count). The van der Waals surface area contributed by atoms with E-state index in [1.807, 2.05) is 0 Å². The number of hydrogen-bond acceptors (Lipinski definition) is 4. The Hall–Kier alpha value is -2.47. The van der Waals surface area contributed by atoms with Crippen molar-refractivity contribution >= 4 is 27.2 Å². The summed E-state index contributed by atoms with van der Waals surface area (Å²) in [5.41, 5.74) is 1.24. The summed E-state index contributed by atoms with van der Waals surface area (Å²) in [6.07, 6.45) is 0.306. The molecule has 0 atom stereocenters. The summed E-state index contributed by atoms with van der Waals surface area (Å²) in [5, 5.41) is 2.92. The van der Waals surface area contributed by atoms with Gasteiger partial charge in [0.2, 0.25) is 15.7 Å². The van der Waals surface area contributed by atoms with Crippen molar-refractivity contribution in [3.05, 3.63) is 54.1 Å². The molecule has 2 saturated carbocycles. The lowest BCUT2D eigenvalue weighted by atomic mass is 10.0. The number of ketones is 1. The zero-order valence-corrected chi connectivity index (χ0v) is 22.8. The summed E-state index contributed by atoms with van der Waals surface area (Å²) in [4.78, 5) is 25.8. The second-order valence-electron chi connectivity index (χ2n) is 12.6. The van der Waals surface area contributed by atoms with Crippen molar-refractivity contribution in [2.45, 2.75) is 71.6 Å². The lowest BCUT2D eigenvalue weighted by Gasteiger charge is -2.09. The van der Waals surface area contributed by atoms with E-state index in [9.17, 15) is 18.0 Å². The Labute approximate surface area is 209 Å². The number of carbonyl (C=O) groups excluding carboxylic acids is 2. The molecule has 0 radical (unpaired) electrons. The van der Waals surface area contributed by atoms with Gasteiger partial charge in [0.15, 0.2) is 0 Å². The van der Waals surface area contributed by atoms with Gasteiger partial charge in [0, 0.05) is 23.9 Å². The van der Waals surface area contributed by atoms with Crippen LogP contribution in [-0.2, 0) is 25.8 Å². The van der Waals surface area contributed by atoms with Gasteiger partial charge < -0.3 is 5.32 Å². The third kappa shape index (κ3) is 3.94. The third-order valence-electron chi connectivity index (χ3n) is 9.67. The Balaban J connectivity index is 1.42. The summed E-state index contributed by atoms with van der Waals surface area (Å²) in [6, 6.07) is 12.9. The van der Waals surface area contributed by atoms with Gasteiger partial charge in [-0.05, 0) is 63.6 Å². The summed E-state index contributed by atoms with van der Waals surface area (Å²) < 4.78 is 26.2. The molecule has 0 heterocycles. The van der Waals surface area contributed by atoms with Gasteiger partial charge in [-0.15, -0.1) is 0 Å². The molecule has 2 aromatic rings. The van der Waals surface area contributed by atoms with Crippen LogP contribution in [0.2, 0.25) is 0 Å². The van der Waals surface area contributed by atoms with E-state index in [2.05, 4.69) is 60.7 Å². The highest BCUT2D eigenvalue weighted by Gasteiger charge is 2.68. The van der Waals surface area contributed by atoms with Crippen LogP contribution >= 0.6 is 0 Å². The van der Waals surface area contributed by atoms with E-state index in [-0.39, 0.29) is 55.0 Å². The molecular weight excluding hydrogens is 458 g/mol. The number of sulfone groups is 1. The minimum Gasteiger partial charge on any atom is -0.326 e. The largest absolute Gasteiger partial charge is 0.326 e. The third-order valence-corrected chi connectivity index (χ3v) is 11.5. The van der Waals surface area contributed by atoms with Gasteiger partial charge in [0.05, 0.1) is 9.79 Å². The van der Waals surface area contributed by atoms with Crippen LogP contribution in [0.5, 0.6) is 0 Å². The van der Waals surface area contributed by atoms with Crippen LogP contribution in [0.25, 0.3) is 0 Å². The quantitative estimate of drug-likeness (QED) is 0.516. The number of amides is 1. The summed E-state index contributed by atoms with van der Waals surface area (Å²) in [5.74, 6) is 0.0975. The average Bonchev–Trinajstić information content (AvgIpc) is 3.36. The molecule has 0 spiro atoms. The van der Waals surface area contributed by atoms with Crippen LogP contribution < -0.4 is 5.32 Å². The molecule has 2 aliphatic rings. The monoisotopic (exact) mass is 495 g/mol. The Morgan fingerprint density at radius 3 is 1.49 bits per heavy atom. The maximum Gasteiger partial charge on any atom is 0.228 e. The molecule has 2 aliphatic carbocycles. The summed E-state index contributed by atoms with van der Waals surface area (Å²) >= 11 is 0. The summed E-state index contributed by atoms with van der Waals surface area (Å²) in [6.45, 7) is 16.8. The van der Waals surface area contributed by atoms with E-state index in [0.29, 0.717) is 12.1 Å². The normalized spacial score (nSPS) is 21.8. The van der Waals surface area contributed by atoms with Crippen molar-refractivity contribution < 1.29 is 18.0 Å². The highest BCUT2D eigenvalue weighted by Crippen LogP contribution is 2.69. The lowest BCUT2D eigenvalue weighted by Crippen LogP contribution is -2.17. The Bertz CT molecular complexity index is 1160. The van der Waals surface area contributed by atoms with Crippen LogP contribution in [0.4, 0.5) is 5.69 Å². The molecule has 1 amide bonds. The van der Waals surface area contributed by atoms with Crippen LogP contribution in [0, 0.1) is 33.5 Å². The van der Waals surface area contributed by atoms with E-state index in [1.54, 1.807) is 36.4 Å². The number of benzene rings is 2. The van der Waals surface area contributed by atoms with Crippen molar-refractivity contribution in [2.24, 2.45) is 33.5 Å². The SMILES string of the molecule is CC1(C)C(C(=O)Cc2ccc(S(=O)(=O)c3ccc(NC(=O)C4C(C)(C)C4(C)C)cc3)cc2)C1(C)C. The fraction of sp³-hybridized carbons (Fsp3) is 0.517. The van der Waals surface area contributed by atoms with Crippen LogP contribution in [-0.4, -0.2) is 20.1 Å². The maximum absolute atomic E-state index is 13.1. The number of anilines is 1. The Morgan fingerprint density at radius 2 is 1.09 bits per heavy atom. The van der Waals surface area contributed by atoms with Crippen molar-refractivity contribution in [1.82, 2.24) is 0 Å². The number of carbonyl (C=O) groups is 2. The van der Waals surface area contributed by atoms with Gasteiger partial charge in [0.1, 0.15) is 5.78 Å². The summed E-state index contributed by atoms with van der Waals surface area (Å²) in [7, 11) is -3.71. The first-order valence-electron chi connectivity index (χ1n) is 12.2. The molecule has 6 heteroatoms. The van der Waals surface area contributed by atoms with E-state index >= 15 is 0 Å². The molecule has 0 aliphatic heterocycles. The number of Topliss-reactive ketones (excluding diaryl/α,β-unsaturated/α-hetero) is 1.